The van der Waals surface area contributed by atoms with E-state index in [-0.39, 0.29) is 13.0 Å². The molecule has 0 fully saturated rings. The van der Waals surface area contributed by atoms with Crippen molar-refractivity contribution in [3.05, 3.63) is 54.1 Å². The normalized spacial score (nSPS) is 11.2. The smallest absolute Gasteiger partial charge is 0.412 e. The van der Waals surface area contributed by atoms with Gasteiger partial charge in [0.25, 0.3) is 0 Å². The minimum absolute atomic E-state index is 0.0106. The molecule has 0 aromatic heterocycles. The number of carbonyl (C=O) groups is 4. The maximum Gasteiger partial charge on any atom is 0.412 e. The number of carboxylic acids is 2. The zero-order chi connectivity index (χ0) is 27.2. The number of halogens is 2. The fourth-order valence-electron chi connectivity index (χ4n) is 3.24. The van der Waals surface area contributed by atoms with Gasteiger partial charge in [-0.15, -0.1) is 0 Å². The number of anilines is 3. The molecular weight excluding hydrogens is 616 g/mol. The number of nitrogens with zero attached hydrogens (tertiary/aromatic N) is 1. The highest BCUT2D eigenvalue weighted by molar-refractivity contribution is 9.09. The van der Waals surface area contributed by atoms with Gasteiger partial charge in [0.05, 0.1) is 11.4 Å². The molecule has 2 aromatic carbocycles. The molecule has 0 aliphatic carbocycles. The fraction of sp³-hybridized carbons (Fsp3) is 0.333. The molecule has 5 N–H and O–H groups in total. The van der Waals surface area contributed by atoms with Crippen molar-refractivity contribution in [1.29, 1.82) is 0 Å². The predicted octanol–water partition coefficient (Wildman–Crippen LogP) is 4.47. The van der Waals surface area contributed by atoms with Crippen molar-refractivity contribution in [2.75, 3.05) is 39.3 Å². The van der Waals surface area contributed by atoms with E-state index in [0.717, 1.165) is 29.4 Å². The van der Waals surface area contributed by atoms with Crippen LogP contribution >= 0.6 is 31.9 Å². The second kappa shape index (κ2) is 15.7. The van der Waals surface area contributed by atoms with Gasteiger partial charge in [0, 0.05) is 35.9 Å². The number of ether oxygens (including phenoxy) is 1. The van der Waals surface area contributed by atoms with Crippen LogP contribution in [0.3, 0.4) is 0 Å². The molecule has 37 heavy (non-hydrogen) atoms. The van der Waals surface area contributed by atoms with E-state index in [0.29, 0.717) is 16.9 Å². The molecule has 0 heterocycles. The molecule has 0 aliphatic heterocycles. The van der Waals surface area contributed by atoms with Crippen LogP contribution in [0.2, 0.25) is 0 Å². The monoisotopic (exact) mass is 642 g/mol. The van der Waals surface area contributed by atoms with Gasteiger partial charge in [0.1, 0.15) is 12.6 Å². The van der Waals surface area contributed by atoms with E-state index in [1.165, 1.54) is 0 Å². The molecule has 0 saturated heterocycles. The number of benzene rings is 2. The van der Waals surface area contributed by atoms with Crippen LogP contribution in [0.25, 0.3) is 0 Å². The molecule has 0 spiro atoms. The van der Waals surface area contributed by atoms with Crippen molar-refractivity contribution in [2.45, 2.75) is 25.5 Å². The Hall–Kier alpha value is -3.32. The van der Waals surface area contributed by atoms with Crippen LogP contribution in [-0.4, -0.2) is 64.1 Å². The van der Waals surface area contributed by atoms with Crippen molar-refractivity contribution >= 4 is 73.0 Å². The number of alkyl halides is 2. The lowest BCUT2D eigenvalue weighted by molar-refractivity contribution is -0.140. The van der Waals surface area contributed by atoms with Crippen LogP contribution in [0.1, 0.15) is 18.4 Å². The first-order valence-electron chi connectivity index (χ1n) is 11.2. The molecular formula is C24H28Br2N4O7. The minimum atomic E-state index is -1.33. The summed E-state index contributed by atoms with van der Waals surface area (Å²) in [5, 5.41) is 26.9. The van der Waals surface area contributed by atoms with Crippen LogP contribution in [0, 0.1) is 0 Å². The Morgan fingerprint density at radius 3 is 2.16 bits per heavy atom. The lowest BCUT2D eigenvalue weighted by Gasteiger charge is -2.25. The van der Waals surface area contributed by atoms with Gasteiger partial charge in [0.15, 0.2) is 0 Å². The highest BCUT2D eigenvalue weighted by Crippen LogP contribution is 2.26. The van der Waals surface area contributed by atoms with Gasteiger partial charge in [-0.25, -0.2) is 14.4 Å². The Balaban J connectivity index is 1.89. The van der Waals surface area contributed by atoms with Gasteiger partial charge in [0.2, 0.25) is 0 Å². The standard InChI is InChI=1S/C24H28Br2N4O7/c25-11-13-30(14-12-26)20-4-2-1-3-18(20)29-24(36)37-15-16-5-7-17(8-6-16)27-23(35)28-19(22(33)34)9-10-21(31)32/h1-8,19H,9-15H2,(H,29,36)(H,31,32)(H,33,34)(H2,27,28,35)/t19-/m0/s1. The zero-order valence-corrected chi connectivity index (χ0v) is 23.0. The van der Waals surface area contributed by atoms with Gasteiger partial charge in [-0.3, -0.25) is 10.1 Å². The van der Waals surface area contributed by atoms with Crippen LogP contribution in [-0.2, 0) is 20.9 Å². The average Bonchev–Trinajstić information content (AvgIpc) is 2.86. The second-order valence-electron chi connectivity index (χ2n) is 7.70. The van der Waals surface area contributed by atoms with Crippen molar-refractivity contribution in [3.63, 3.8) is 0 Å². The summed E-state index contributed by atoms with van der Waals surface area (Å²) < 4.78 is 5.33. The summed E-state index contributed by atoms with van der Waals surface area (Å²) in [7, 11) is 0. The Morgan fingerprint density at radius 2 is 1.57 bits per heavy atom. The highest BCUT2D eigenvalue weighted by Gasteiger charge is 2.21. The van der Waals surface area contributed by atoms with Crippen molar-refractivity contribution in [1.82, 2.24) is 5.32 Å². The Labute approximate surface area is 230 Å². The predicted molar refractivity (Wildman–Crippen MR) is 147 cm³/mol. The molecule has 0 radical (unpaired) electrons. The molecule has 200 valence electrons. The SMILES string of the molecule is O=C(O)CC[C@H](NC(=O)Nc1ccc(COC(=O)Nc2ccccc2N(CCBr)CCBr)cc1)C(=O)O. The quantitative estimate of drug-likeness (QED) is 0.189. The molecule has 0 saturated carbocycles. The molecule has 2 aromatic rings. The molecule has 0 bridgehead atoms. The number of hydrogen-bond donors (Lipinski definition) is 5. The number of para-hydroxylation sites is 2. The van der Waals surface area contributed by atoms with Gasteiger partial charge in [-0.2, -0.15) is 0 Å². The summed E-state index contributed by atoms with van der Waals surface area (Å²) in [6, 6.07) is 11.7. The third-order valence-electron chi connectivity index (χ3n) is 5.02. The number of urea groups is 1. The van der Waals surface area contributed by atoms with Crippen molar-refractivity contribution in [3.8, 4) is 0 Å². The molecule has 2 rings (SSSR count). The summed E-state index contributed by atoms with van der Waals surface area (Å²) in [5.41, 5.74) is 2.54. The number of aliphatic carboxylic acids is 2. The van der Waals surface area contributed by atoms with E-state index >= 15 is 0 Å². The van der Waals surface area contributed by atoms with Gasteiger partial charge in [-0.05, 0) is 36.2 Å². The third kappa shape index (κ3) is 10.7. The largest absolute Gasteiger partial charge is 0.481 e. The summed E-state index contributed by atoms with van der Waals surface area (Å²) >= 11 is 6.90. The van der Waals surface area contributed by atoms with E-state index in [1.54, 1.807) is 30.3 Å². The topological polar surface area (TPSA) is 157 Å². The highest BCUT2D eigenvalue weighted by atomic mass is 79.9. The molecule has 11 nitrogen and oxygen atoms in total. The maximum atomic E-state index is 12.4. The Morgan fingerprint density at radius 1 is 0.919 bits per heavy atom. The first-order valence-corrected chi connectivity index (χ1v) is 13.5. The summed E-state index contributed by atoms with van der Waals surface area (Å²) in [6.45, 7) is 1.51. The van der Waals surface area contributed by atoms with Crippen molar-refractivity contribution in [2.24, 2.45) is 0 Å². The molecule has 1 atom stereocenters. The summed E-state index contributed by atoms with van der Waals surface area (Å²) in [4.78, 5) is 48.5. The first-order chi connectivity index (χ1) is 17.7. The van der Waals surface area contributed by atoms with E-state index in [9.17, 15) is 19.2 Å². The van der Waals surface area contributed by atoms with E-state index in [2.05, 4.69) is 52.7 Å². The Kier molecular flexibility index (Phi) is 12.7. The van der Waals surface area contributed by atoms with Gasteiger partial charge < -0.3 is 30.5 Å². The fourth-order valence-corrected chi connectivity index (χ4v) is 4.10. The zero-order valence-electron chi connectivity index (χ0n) is 19.8. The lowest BCUT2D eigenvalue weighted by Crippen LogP contribution is -2.43. The average molecular weight is 644 g/mol. The minimum Gasteiger partial charge on any atom is -0.481 e. The van der Waals surface area contributed by atoms with Crippen LogP contribution in [0.15, 0.2) is 48.5 Å². The summed E-state index contributed by atoms with van der Waals surface area (Å²) in [5.74, 6) is -2.49. The molecule has 13 heteroatoms. The summed E-state index contributed by atoms with van der Waals surface area (Å²) in [6.07, 6.45) is -1.25. The Bertz CT molecular complexity index is 1060. The number of hydrogen-bond acceptors (Lipinski definition) is 6. The van der Waals surface area contributed by atoms with E-state index < -0.39 is 36.5 Å². The molecule has 3 amide bonds. The first kappa shape index (κ1) is 29.9. The van der Waals surface area contributed by atoms with E-state index in [4.69, 9.17) is 14.9 Å². The van der Waals surface area contributed by atoms with Gasteiger partial charge >= 0.3 is 24.1 Å². The van der Waals surface area contributed by atoms with E-state index in [1.807, 2.05) is 18.2 Å². The number of nitrogens with one attached hydrogen (secondary N) is 3. The number of carboxylic acid groups (broad SMARTS) is 2. The second-order valence-corrected chi connectivity index (χ2v) is 9.29. The number of rotatable bonds is 14. The lowest BCUT2D eigenvalue weighted by atomic mass is 10.1. The molecule has 0 aliphatic rings. The maximum absolute atomic E-state index is 12.4. The number of amides is 3. The van der Waals surface area contributed by atoms with Crippen LogP contribution < -0.4 is 20.9 Å². The molecule has 0 unspecified atom stereocenters. The number of carbonyl (C=O) groups excluding carboxylic acids is 2. The van der Waals surface area contributed by atoms with Gasteiger partial charge in [-0.1, -0.05) is 56.1 Å². The van der Waals surface area contributed by atoms with Crippen LogP contribution in [0.5, 0.6) is 0 Å². The third-order valence-corrected chi connectivity index (χ3v) is 5.73. The van der Waals surface area contributed by atoms with Crippen molar-refractivity contribution < 1.29 is 34.1 Å². The van der Waals surface area contributed by atoms with Crippen LogP contribution in [0.4, 0.5) is 26.7 Å².